The highest BCUT2D eigenvalue weighted by atomic mass is 32.2. The number of likely N-dealkylation sites (tertiary alicyclic amines) is 2. The summed E-state index contributed by atoms with van der Waals surface area (Å²) in [7, 11) is 0. The van der Waals surface area contributed by atoms with Crippen LogP contribution in [0.2, 0.25) is 0 Å². The molecule has 3 aliphatic rings. The normalized spacial score (nSPS) is 28.0. The molecule has 2 aliphatic heterocycles. The van der Waals surface area contributed by atoms with Gasteiger partial charge in [-0.2, -0.15) is 16.7 Å². The lowest BCUT2D eigenvalue weighted by Gasteiger charge is -2.48. The molecule has 0 bridgehead atoms. The maximum atomic E-state index is 12.3. The minimum atomic E-state index is 0.267. The molecule has 25 heavy (non-hydrogen) atoms. The molecule has 6 nitrogen and oxygen atoms in total. The summed E-state index contributed by atoms with van der Waals surface area (Å²) in [6.07, 6.45) is 8.83. The fourth-order valence-corrected chi connectivity index (χ4v) is 4.77. The number of rotatable bonds is 6. The van der Waals surface area contributed by atoms with Gasteiger partial charge in [0.05, 0.1) is 12.3 Å². The summed E-state index contributed by atoms with van der Waals surface area (Å²) in [5, 5.41) is 4.05. The molecule has 0 aromatic carbocycles. The molecule has 0 N–H and O–H groups in total. The van der Waals surface area contributed by atoms with Crippen molar-refractivity contribution < 1.29 is 9.32 Å². The zero-order chi connectivity index (χ0) is 17.3. The highest BCUT2D eigenvalue weighted by molar-refractivity contribution is 7.97. The third kappa shape index (κ3) is 4.19. The van der Waals surface area contributed by atoms with Crippen LogP contribution in [0.15, 0.2) is 4.52 Å². The quantitative estimate of drug-likeness (QED) is 0.773. The Balaban J connectivity index is 1.38. The maximum Gasteiger partial charge on any atom is 0.240 e. The fraction of sp³-hybridized carbons (Fsp3) is 0.833. The summed E-state index contributed by atoms with van der Waals surface area (Å²) in [4.78, 5) is 21.4. The van der Waals surface area contributed by atoms with Gasteiger partial charge in [0.2, 0.25) is 11.8 Å². The molecule has 1 atom stereocenters. The van der Waals surface area contributed by atoms with Gasteiger partial charge in [-0.1, -0.05) is 5.16 Å². The molecule has 1 aromatic rings. The summed E-state index contributed by atoms with van der Waals surface area (Å²) in [5.41, 5.74) is 0.267. The van der Waals surface area contributed by atoms with Crippen molar-refractivity contribution in [3.8, 4) is 0 Å². The largest absolute Gasteiger partial charge is 0.342 e. The molecule has 4 rings (SSSR count). The molecule has 0 radical (unpaired) electrons. The molecule has 2 saturated heterocycles. The lowest BCUT2D eigenvalue weighted by Crippen LogP contribution is -2.54. The third-order valence-corrected chi connectivity index (χ3v) is 6.35. The van der Waals surface area contributed by atoms with Crippen molar-refractivity contribution in [1.82, 2.24) is 19.9 Å². The first-order valence-corrected chi connectivity index (χ1v) is 10.9. The SMILES string of the molecule is CSCc1noc(CN2CCCC3(CCC(=O)N(CC4CC4)C3)C2)n1. The Labute approximate surface area is 153 Å². The van der Waals surface area contributed by atoms with Crippen molar-refractivity contribution in [2.24, 2.45) is 11.3 Å². The van der Waals surface area contributed by atoms with E-state index in [0.717, 1.165) is 69.0 Å². The van der Waals surface area contributed by atoms with Gasteiger partial charge in [-0.15, -0.1) is 0 Å². The molecular weight excluding hydrogens is 336 g/mol. The lowest BCUT2D eigenvalue weighted by molar-refractivity contribution is -0.139. The number of amides is 1. The Morgan fingerprint density at radius 3 is 3.00 bits per heavy atom. The van der Waals surface area contributed by atoms with Crippen LogP contribution in [-0.2, 0) is 17.1 Å². The summed E-state index contributed by atoms with van der Waals surface area (Å²) >= 11 is 1.71. The minimum absolute atomic E-state index is 0.267. The standard InChI is InChI=1S/C18H28N4O2S/c1-25-11-15-19-16(24-20-15)10-21-8-2-6-18(12-21)7-5-17(23)22(13-18)9-14-3-4-14/h14H,2-13H2,1H3. The maximum absolute atomic E-state index is 12.3. The molecule has 138 valence electrons. The molecule has 1 amide bonds. The van der Waals surface area contributed by atoms with E-state index in [0.29, 0.717) is 5.91 Å². The van der Waals surface area contributed by atoms with Crippen LogP contribution in [0.3, 0.4) is 0 Å². The number of nitrogens with zero attached hydrogens (tertiary/aromatic N) is 4. The number of piperidine rings is 2. The van der Waals surface area contributed by atoms with Gasteiger partial charge in [0.15, 0.2) is 5.82 Å². The molecule has 3 fully saturated rings. The lowest BCUT2D eigenvalue weighted by atomic mass is 9.73. The van der Waals surface area contributed by atoms with E-state index in [-0.39, 0.29) is 5.41 Å². The van der Waals surface area contributed by atoms with E-state index in [1.54, 1.807) is 11.8 Å². The first-order valence-electron chi connectivity index (χ1n) is 9.46. The second kappa shape index (κ2) is 7.27. The van der Waals surface area contributed by atoms with Gasteiger partial charge < -0.3 is 9.42 Å². The summed E-state index contributed by atoms with van der Waals surface area (Å²) in [5.74, 6) is 3.45. The van der Waals surface area contributed by atoms with Crippen molar-refractivity contribution in [2.45, 2.75) is 50.8 Å². The second-order valence-corrected chi connectivity index (χ2v) is 8.94. The first kappa shape index (κ1) is 17.3. The van der Waals surface area contributed by atoms with Crippen LogP contribution in [0.1, 0.15) is 50.2 Å². The highest BCUT2D eigenvalue weighted by Gasteiger charge is 2.42. The second-order valence-electron chi connectivity index (χ2n) is 8.07. The van der Waals surface area contributed by atoms with Crippen molar-refractivity contribution in [2.75, 3.05) is 32.4 Å². The van der Waals surface area contributed by atoms with Crippen LogP contribution >= 0.6 is 11.8 Å². The van der Waals surface area contributed by atoms with Crippen LogP contribution in [0.5, 0.6) is 0 Å². The molecule has 1 spiro atoms. The number of carbonyl (C=O) groups excluding carboxylic acids is 1. The van der Waals surface area contributed by atoms with E-state index in [4.69, 9.17) is 4.52 Å². The Kier molecular flexibility index (Phi) is 5.04. The van der Waals surface area contributed by atoms with Gasteiger partial charge in [-0.25, -0.2) is 0 Å². The Morgan fingerprint density at radius 1 is 1.32 bits per heavy atom. The smallest absolute Gasteiger partial charge is 0.240 e. The van der Waals surface area contributed by atoms with E-state index >= 15 is 0 Å². The molecule has 3 heterocycles. The van der Waals surface area contributed by atoms with Crippen molar-refractivity contribution >= 4 is 17.7 Å². The highest BCUT2D eigenvalue weighted by Crippen LogP contribution is 2.40. The fourth-order valence-electron chi connectivity index (χ4n) is 4.39. The van der Waals surface area contributed by atoms with E-state index < -0.39 is 0 Å². The predicted molar refractivity (Wildman–Crippen MR) is 97.0 cm³/mol. The van der Waals surface area contributed by atoms with Gasteiger partial charge in [0.25, 0.3) is 0 Å². The Bertz CT molecular complexity index is 618. The van der Waals surface area contributed by atoms with Gasteiger partial charge in [0.1, 0.15) is 0 Å². The summed E-state index contributed by atoms with van der Waals surface area (Å²) in [6, 6.07) is 0. The average Bonchev–Trinajstić information content (AvgIpc) is 3.31. The van der Waals surface area contributed by atoms with Crippen molar-refractivity contribution in [1.29, 1.82) is 0 Å². The van der Waals surface area contributed by atoms with E-state index in [2.05, 4.69) is 19.9 Å². The van der Waals surface area contributed by atoms with E-state index in [1.165, 1.54) is 25.7 Å². The van der Waals surface area contributed by atoms with Gasteiger partial charge in [-0.05, 0) is 50.8 Å². The summed E-state index contributed by atoms with van der Waals surface area (Å²) < 4.78 is 5.41. The zero-order valence-electron chi connectivity index (χ0n) is 15.1. The molecule has 1 aliphatic carbocycles. The minimum Gasteiger partial charge on any atom is -0.342 e. The number of hydrogen-bond donors (Lipinski definition) is 0. The molecule has 1 aromatic heterocycles. The molecule has 7 heteroatoms. The molecule has 1 saturated carbocycles. The number of thioether (sulfide) groups is 1. The van der Waals surface area contributed by atoms with E-state index in [9.17, 15) is 4.79 Å². The van der Waals surface area contributed by atoms with Gasteiger partial charge in [-0.3, -0.25) is 9.69 Å². The van der Waals surface area contributed by atoms with Gasteiger partial charge in [0, 0.05) is 31.5 Å². The van der Waals surface area contributed by atoms with Crippen LogP contribution in [0, 0.1) is 11.3 Å². The zero-order valence-corrected chi connectivity index (χ0v) is 15.9. The summed E-state index contributed by atoms with van der Waals surface area (Å²) in [6.45, 7) is 4.79. The number of aromatic nitrogens is 2. The van der Waals surface area contributed by atoms with Crippen molar-refractivity contribution in [3.63, 3.8) is 0 Å². The Hall–Kier alpha value is -1.08. The van der Waals surface area contributed by atoms with E-state index in [1.807, 2.05) is 6.26 Å². The monoisotopic (exact) mass is 364 g/mol. The predicted octanol–water partition coefficient (Wildman–Crippen LogP) is 2.55. The van der Waals surface area contributed by atoms with Crippen LogP contribution in [0.25, 0.3) is 0 Å². The average molecular weight is 365 g/mol. The van der Waals surface area contributed by atoms with Gasteiger partial charge >= 0.3 is 0 Å². The third-order valence-electron chi connectivity index (χ3n) is 5.81. The van der Waals surface area contributed by atoms with Crippen molar-refractivity contribution in [3.05, 3.63) is 11.7 Å². The number of hydrogen-bond acceptors (Lipinski definition) is 6. The van der Waals surface area contributed by atoms with Crippen LogP contribution < -0.4 is 0 Å². The van der Waals surface area contributed by atoms with Crippen LogP contribution in [-0.4, -0.2) is 58.3 Å². The molecule has 1 unspecified atom stereocenters. The Morgan fingerprint density at radius 2 is 2.20 bits per heavy atom. The number of carbonyl (C=O) groups is 1. The first-order chi connectivity index (χ1) is 12.2. The topological polar surface area (TPSA) is 62.5 Å². The van der Waals surface area contributed by atoms with Crippen LogP contribution in [0.4, 0.5) is 0 Å². The molecular formula is C18H28N4O2S.